The average Bonchev–Trinajstić information content (AvgIpc) is 3.20. The summed E-state index contributed by atoms with van der Waals surface area (Å²) >= 11 is 0. The molecule has 11 heteroatoms. The average molecular weight is 510 g/mol. The Morgan fingerprint density at radius 1 is 1.09 bits per heavy atom. The van der Waals surface area contributed by atoms with Gasteiger partial charge in [0, 0.05) is 19.3 Å². The van der Waals surface area contributed by atoms with Crippen LogP contribution in [0.5, 0.6) is 0 Å². The number of benzene rings is 2. The first-order valence-corrected chi connectivity index (χ1v) is 14.3. The Kier molecular flexibility index (Phi) is 8.08. The van der Waals surface area contributed by atoms with Crippen molar-refractivity contribution in [3.05, 3.63) is 53.1 Å². The number of hydrogen-bond donors (Lipinski definition) is 1. The van der Waals surface area contributed by atoms with E-state index in [1.807, 2.05) is 19.9 Å². The third-order valence-corrected chi connectivity index (χ3v) is 9.32. The number of anilines is 2. The minimum atomic E-state index is -4.11. The molecule has 2 aromatic carbocycles. The maximum atomic E-state index is 13.9. The van der Waals surface area contributed by atoms with Gasteiger partial charge in [-0.25, -0.2) is 13.2 Å². The molecule has 1 aliphatic heterocycles. The number of carbonyl (C=O) groups is 1. The second-order valence-corrected chi connectivity index (χ2v) is 11.9. The van der Waals surface area contributed by atoms with E-state index < -0.39 is 23.9 Å². The van der Waals surface area contributed by atoms with Gasteiger partial charge in [-0.1, -0.05) is 6.07 Å². The largest absolute Gasteiger partial charge is 0.350 e. The molecule has 1 aliphatic rings. The first kappa shape index (κ1) is 26.2. The zero-order valence-corrected chi connectivity index (χ0v) is 21.9. The highest BCUT2D eigenvalue weighted by Gasteiger charge is 2.36. The summed E-state index contributed by atoms with van der Waals surface area (Å²) in [4.78, 5) is 13.9. The molecule has 1 heterocycles. The lowest BCUT2D eigenvalue weighted by Gasteiger charge is -2.29. The Balaban J connectivity index is 2.13. The molecule has 0 atom stereocenters. The number of nitrogens with zero attached hydrogens (tertiary/aromatic N) is 2. The van der Waals surface area contributed by atoms with Crippen LogP contribution in [0.4, 0.5) is 16.2 Å². The standard InChI is InChI=1S/C23H32N3O6PS/c1-6-31-33(28,32-7-2)16-26(34(29,30)21-13-17(3)12-18(4)14-21)20-8-9-22-19(15-20)10-11-25(22)23(27)24-5/h8-9,12-15H,6-7,10-11,16H2,1-5H3,(H,24,27). The maximum absolute atomic E-state index is 13.9. The molecular weight excluding hydrogens is 477 g/mol. The molecule has 3 rings (SSSR count). The van der Waals surface area contributed by atoms with Crippen molar-refractivity contribution in [2.24, 2.45) is 0 Å². The van der Waals surface area contributed by atoms with E-state index in [-0.39, 0.29) is 24.1 Å². The molecule has 2 amide bonds. The molecule has 0 aliphatic carbocycles. The summed E-state index contributed by atoms with van der Waals surface area (Å²) in [6.07, 6.45) is 0.102. The van der Waals surface area contributed by atoms with Gasteiger partial charge in [0.2, 0.25) is 0 Å². The Morgan fingerprint density at radius 2 is 1.71 bits per heavy atom. The van der Waals surface area contributed by atoms with E-state index in [0.717, 1.165) is 21.0 Å². The third kappa shape index (κ3) is 5.46. The molecule has 0 fully saturated rings. The van der Waals surface area contributed by atoms with Gasteiger partial charge in [0.05, 0.1) is 23.8 Å². The third-order valence-electron chi connectivity index (χ3n) is 5.44. The number of urea groups is 1. The highest BCUT2D eigenvalue weighted by atomic mass is 32.2. The molecule has 0 unspecified atom stereocenters. The summed E-state index contributed by atoms with van der Waals surface area (Å²) in [5, 5.41) is 2.61. The van der Waals surface area contributed by atoms with E-state index in [9.17, 15) is 17.8 Å². The summed E-state index contributed by atoms with van der Waals surface area (Å²) in [5.74, 6) is 0. The lowest BCUT2D eigenvalue weighted by Crippen LogP contribution is -2.36. The van der Waals surface area contributed by atoms with Gasteiger partial charge < -0.3 is 14.4 Å². The molecule has 186 valence electrons. The van der Waals surface area contributed by atoms with Gasteiger partial charge in [-0.05, 0) is 81.1 Å². The zero-order valence-electron chi connectivity index (χ0n) is 20.2. The second kappa shape index (κ2) is 10.5. The fraction of sp³-hybridized carbons (Fsp3) is 0.435. The maximum Gasteiger partial charge on any atom is 0.350 e. The Bertz CT molecular complexity index is 1190. The zero-order chi connectivity index (χ0) is 25.1. The van der Waals surface area contributed by atoms with Crippen LogP contribution in [0.25, 0.3) is 0 Å². The van der Waals surface area contributed by atoms with Crippen molar-refractivity contribution in [1.82, 2.24) is 5.32 Å². The fourth-order valence-electron chi connectivity index (χ4n) is 4.06. The molecule has 0 saturated heterocycles. The quantitative estimate of drug-likeness (QED) is 0.502. The van der Waals surface area contributed by atoms with Crippen LogP contribution in [-0.2, 0) is 30.1 Å². The predicted molar refractivity (Wildman–Crippen MR) is 133 cm³/mol. The van der Waals surface area contributed by atoms with Gasteiger partial charge in [0.25, 0.3) is 10.0 Å². The van der Waals surface area contributed by atoms with Crippen molar-refractivity contribution in [1.29, 1.82) is 0 Å². The Labute approximate surface area is 201 Å². The van der Waals surface area contributed by atoms with Gasteiger partial charge in [-0.2, -0.15) is 0 Å². The minimum Gasteiger partial charge on any atom is -0.341 e. The summed E-state index contributed by atoms with van der Waals surface area (Å²) in [6, 6.07) is 9.87. The Hall–Kier alpha value is -2.39. The van der Waals surface area contributed by atoms with Crippen molar-refractivity contribution in [2.75, 3.05) is 42.3 Å². The van der Waals surface area contributed by atoms with Crippen LogP contribution in [0.15, 0.2) is 41.3 Å². The van der Waals surface area contributed by atoms with Gasteiger partial charge in [0.15, 0.2) is 0 Å². The van der Waals surface area contributed by atoms with E-state index in [1.165, 1.54) is 0 Å². The number of rotatable bonds is 9. The van der Waals surface area contributed by atoms with Crippen LogP contribution in [0.2, 0.25) is 0 Å². The van der Waals surface area contributed by atoms with Crippen molar-refractivity contribution >= 4 is 35.0 Å². The molecule has 0 spiro atoms. The van der Waals surface area contributed by atoms with E-state index in [2.05, 4.69) is 5.32 Å². The van der Waals surface area contributed by atoms with Gasteiger partial charge in [-0.15, -0.1) is 0 Å². The highest BCUT2D eigenvalue weighted by Crippen LogP contribution is 2.50. The molecule has 0 bridgehead atoms. The van der Waals surface area contributed by atoms with Crippen molar-refractivity contribution < 1.29 is 26.8 Å². The van der Waals surface area contributed by atoms with Gasteiger partial charge in [-0.3, -0.25) is 13.8 Å². The molecule has 9 nitrogen and oxygen atoms in total. The smallest absolute Gasteiger partial charge is 0.341 e. The summed E-state index contributed by atoms with van der Waals surface area (Å²) in [5.41, 5.74) is 3.46. The predicted octanol–water partition coefficient (Wildman–Crippen LogP) is 4.42. The second-order valence-electron chi connectivity index (χ2n) is 8.03. The van der Waals surface area contributed by atoms with E-state index in [4.69, 9.17) is 9.05 Å². The van der Waals surface area contributed by atoms with Crippen LogP contribution >= 0.6 is 7.60 Å². The number of fused-ring (bicyclic) bond motifs is 1. The van der Waals surface area contributed by atoms with Crippen LogP contribution in [0.3, 0.4) is 0 Å². The molecule has 34 heavy (non-hydrogen) atoms. The number of sulfonamides is 1. The summed E-state index contributed by atoms with van der Waals surface area (Å²) in [7, 11) is -6.31. The van der Waals surface area contributed by atoms with Crippen molar-refractivity contribution in [2.45, 2.75) is 39.0 Å². The topological polar surface area (TPSA) is 105 Å². The van der Waals surface area contributed by atoms with E-state index in [0.29, 0.717) is 24.3 Å². The minimum absolute atomic E-state index is 0.0945. The van der Waals surface area contributed by atoms with Crippen molar-refractivity contribution in [3.8, 4) is 0 Å². The Morgan fingerprint density at radius 3 is 2.26 bits per heavy atom. The number of nitrogens with one attached hydrogen (secondary N) is 1. The number of amides is 2. The lowest BCUT2D eigenvalue weighted by atomic mass is 10.1. The van der Waals surface area contributed by atoms with Crippen LogP contribution in [0.1, 0.15) is 30.5 Å². The fourth-order valence-corrected chi connectivity index (χ4v) is 7.91. The molecule has 2 aromatic rings. The SMILES string of the molecule is CCOP(=O)(CN(c1ccc2c(c1)CCN2C(=O)NC)S(=O)(=O)c1cc(C)cc(C)c1)OCC. The molecular formula is C23H32N3O6PS. The molecule has 0 aromatic heterocycles. The first-order chi connectivity index (χ1) is 16.0. The van der Waals surface area contributed by atoms with Gasteiger partial charge in [0.1, 0.15) is 6.29 Å². The summed E-state index contributed by atoms with van der Waals surface area (Å²) in [6.45, 7) is 7.71. The highest BCUT2D eigenvalue weighted by molar-refractivity contribution is 7.93. The van der Waals surface area contributed by atoms with Crippen LogP contribution < -0.4 is 14.5 Å². The van der Waals surface area contributed by atoms with E-state index in [1.54, 1.807) is 56.1 Å². The monoisotopic (exact) mass is 509 g/mol. The number of hydrogen-bond acceptors (Lipinski definition) is 6. The normalized spacial score (nSPS) is 13.6. The number of aryl methyl sites for hydroxylation is 2. The molecule has 0 saturated carbocycles. The van der Waals surface area contributed by atoms with Crippen molar-refractivity contribution in [3.63, 3.8) is 0 Å². The van der Waals surface area contributed by atoms with Crippen LogP contribution in [0, 0.1) is 13.8 Å². The molecule has 1 N–H and O–H groups in total. The first-order valence-electron chi connectivity index (χ1n) is 11.2. The number of carbonyl (C=O) groups excluding carboxylic acids is 1. The molecule has 0 radical (unpaired) electrons. The summed E-state index contributed by atoms with van der Waals surface area (Å²) < 4.78 is 53.1. The van der Waals surface area contributed by atoms with Gasteiger partial charge >= 0.3 is 13.6 Å². The van der Waals surface area contributed by atoms with Crippen LogP contribution in [-0.4, -0.2) is 47.5 Å². The lowest BCUT2D eigenvalue weighted by molar-refractivity contribution is 0.221. The van der Waals surface area contributed by atoms with E-state index >= 15 is 0 Å².